The largest absolute Gasteiger partial charge is 0.378 e. The number of hydrogen-bond acceptors (Lipinski definition) is 5. The first-order valence-electron chi connectivity index (χ1n) is 9.02. The van der Waals surface area contributed by atoms with Crippen molar-refractivity contribution < 1.29 is 0 Å². The number of aliphatic imine (C=N–C) groups is 1. The molecule has 138 valence electrons. The Labute approximate surface area is 165 Å². The molecule has 2 aliphatic rings. The van der Waals surface area contributed by atoms with E-state index in [-0.39, 0.29) is 0 Å². The van der Waals surface area contributed by atoms with E-state index in [1.165, 1.54) is 32.6 Å². The Morgan fingerprint density at radius 3 is 2.30 bits per heavy atom. The molecule has 27 heavy (non-hydrogen) atoms. The van der Waals surface area contributed by atoms with Gasteiger partial charge in [0.1, 0.15) is 0 Å². The number of fused-ring (bicyclic) bond motifs is 1. The Bertz CT molecular complexity index is 953. The van der Waals surface area contributed by atoms with Crippen LogP contribution >= 0.6 is 11.8 Å². The maximum Gasteiger partial charge on any atom is 0.0634 e. The van der Waals surface area contributed by atoms with Crippen LogP contribution in [0.2, 0.25) is 0 Å². The summed E-state index contributed by atoms with van der Waals surface area (Å²) in [5.41, 5.74) is 6.85. The Kier molecular flexibility index (Phi) is 4.70. The summed E-state index contributed by atoms with van der Waals surface area (Å²) in [6, 6.07) is 14.9. The summed E-state index contributed by atoms with van der Waals surface area (Å²) < 4.78 is 0. The van der Waals surface area contributed by atoms with E-state index in [9.17, 15) is 0 Å². The summed E-state index contributed by atoms with van der Waals surface area (Å²) in [5.74, 6) is 0. The molecule has 5 heteroatoms. The molecular weight excluding hydrogens is 352 g/mol. The van der Waals surface area contributed by atoms with Crippen LogP contribution in [0.5, 0.6) is 0 Å². The summed E-state index contributed by atoms with van der Waals surface area (Å²) in [4.78, 5) is 11.7. The molecule has 0 atom stereocenters. The van der Waals surface area contributed by atoms with E-state index in [1.54, 1.807) is 0 Å². The molecule has 2 aromatic carbocycles. The van der Waals surface area contributed by atoms with Gasteiger partial charge in [0.05, 0.1) is 11.4 Å². The zero-order valence-electron chi connectivity index (χ0n) is 16.2. The highest BCUT2D eigenvalue weighted by atomic mass is 32.2. The molecular formula is C22H24N4S. The fourth-order valence-corrected chi connectivity index (χ4v) is 4.24. The first-order chi connectivity index (χ1) is 13.0. The van der Waals surface area contributed by atoms with Gasteiger partial charge >= 0.3 is 0 Å². The molecule has 0 amide bonds. The Morgan fingerprint density at radius 2 is 1.59 bits per heavy atom. The second-order valence-corrected chi connectivity index (χ2v) is 8.30. The Morgan fingerprint density at radius 1 is 0.889 bits per heavy atom. The highest BCUT2D eigenvalue weighted by Crippen LogP contribution is 2.44. The summed E-state index contributed by atoms with van der Waals surface area (Å²) in [5, 5.41) is 3.56. The van der Waals surface area contributed by atoms with Gasteiger partial charge in [0, 0.05) is 67.2 Å². The first-order valence-corrected chi connectivity index (χ1v) is 9.84. The SMILES string of the molecule is CN(C)c1ccc(N=C2C=CC3=C(C2)Sc2cc(N(C)C)ccc2N3)cc1. The standard InChI is InChI=1S/C22H24N4S/c1-25(2)17-8-5-15(6-9-17)23-16-7-11-19-21(13-16)27-22-14-18(26(3)4)10-12-20(22)24-19/h5-12,14,24H,13H2,1-4H3. The van der Waals surface area contributed by atoms with Gasteiger partial charge in [-0.3, -0.25) is 4.99 Å². The lowest BCUT2D eigenvalue weighted by Gasteiger charge is -2.26. The van der Waals surface area contributed by atoms with Crippen LogP contribution in [0.4, 0.5) is 22.7 Å². The fraction of sp³-hybridized carbons (Fsp3) is 0.227. The number of hydrogen-bond donors (Lipinski definition) is 1. The molecule has 0 saturated heterocycles. The Balaban J connectivity index is 1.54. The number of nitrogens with zero attached hydrogens (tertiary/aromatic N) is 3. The molecule has 0 aromatic heterocycles. The monoisotopic (exact) mass is 376 g/mol. The average molecular weight is 377 g/mol. The molecule has 1 aliphatic heterocycles. The van der Waals surface area contributed by atoms with Crippen LogP contribution in [0.3, 0.4) is 0 Å². The molecule has 1 aliphatic carbocycles. The summed E-state index contributed by atoms with van der Waals surface area (Å²) in [6.45, 7) is 0. The van der Waals surface area contributed by atoms with Crippen LogP contribution in [0.1, 0.15) is 6.42 Å². The molecule has 1 heterocycles. The third-order valence-corrected chi connectivity index (χ3v) is 5.88. The smallest absolute Gasteiger partial charge is 0.0634 e. The van der Waals surface area contributed by atoms with E-state index in [0.29, 0.717) is 0 Å². The van der Waals surface area contributed by atoms with Crippen molar-refractivity contribution >= 4 is 40.2 Å². The normalized spacial score (nSPS) is 16.7. The van der Waals surface area contributed by atoms with E-state index in [0.717, 1.165) is 17.8 Å². The number of thioether (sulfide) groups is 1. The topological polar surface area (TPSA) is 30.9 Å². The number of nitrogens with one attached hydrogen (secondary N) is 1. The summed E-state index contributed by atoms with van der Waals surface area (Å²) in [7, 11) is 8.24. The maximum atomic E-state index is 4.84. The van der Waals surface area contributed by atoms with E-state index in [2.05, 4.69) is 83.8 Å². The number of benzene rings is 2. The van der Waals surface area contributed by atoms with Crippen LogP contribution < -0.4 is 15.1 Å². The summed E-state index contributed by atoms with van der Waals surface area (Å²) >= 11 is 1.84. The molecule has 0 bridgehead atoms. The number of allylic oxidation sites excluding steroid dienone is 3. The van der Waals surface area contributed by atoms with Gasteiger partial charge in [-0.05, 0) is 54.6 Å². The van der Waals surface area contributed by atoms with Gasteiger partial charge in [-0.2, -0.15) is 0 Å². The van der Waals surface area contributed by atoms with Crippen LogP contribution in [-0.2, 0) is 0 Å². The summed E-state index contributed by atoms with van der Waals surface area (Å²) in [6.07, 6.45) is 5.11. The molecule has 0 fully saturated rings. The van der Waals surface area contributed by atoms with Gasteiger partial charge in [0.25, 0.3) is 0 Å². The fourth-order valence-electron chi connectivity index (χ4n) is 3.12. The van der Waals surface area contributed by atoms with Crippen LogP contribution in [-0.4, -0.2) is 33.9 Å². The second-order valence-electron chi connectivity index (χ2n) is 7.16. The third kappa shape index (κ3) is 3.74. The maximum absolute atomic E-state index is 4.84. The van der Waals surface area contributed by atoms with Gasteiger partial charge in [0.2, 0.25) is 0 Å². The zero-order chi connectivity index (χ0) is 19.0. The van der Waals surface area contributed by atoms with E-state index >= 15 is 0 Å². The van der Waals surface area contributed by atoms with Crippen molar-refractivity contribution in [1.29, 1.82) is 0 Å². The van der Waals surface area contributed by atoms with E-state index in [4.69, 9.17) is 4.99 Å². The van der Waals surface area contributed by atoms with Gasteiger partial charge in [-0.15, -0.1) is 0 Å². The highest BCUT2D eigenvalue weighted by Gasteiger charge is 2.21. The van der Waals surface area contributed by atoms with Gasteiger partial charge < -0.3 is 15.1 Å². The highest BCUT2D eigenvalue weighted by molar-refractivity contribution is 8.03. The van der Waals surface area contributed by atoms with Crippen molar-refractivity contribution in [2.75, 3.05) is 43.3 Å². The van der Waals surface area contributed by atoms with E-state index < -0.39 is 0 Å². The molecule has 2 aromatic rings. The molecule has 4 nitrogen and oxygen atoms in total. The zero-order valence-corrected chi connectivity index (χ0v) is 17.0. The molecule has 4 rings (SSSR count). The number of anilines is 3. The lowest BCUT2D eigenvalue weighted by molar-refractivity contribution is 1.12. The molecule has 0 unspecified atom stereocenters. The van der Waals surface area contributed by atoms with Crippen LogP contribution in [0.15, 0.2) is 75.1 Å². The number of rotatable bonds is 3. The molecule has 0 saturated carbocycles. The lowest BCUT2D eigenvalue weighted by Crippen LogP contribution is -2.14. The predicted molar refractivity (Wildman–Crippen MR) is 119 cm³/mol. The van der Waals surface area contributed by atoms with Gasteiger partial charge in [-0.25, -0.2) is 0 Å². The first kappa shape index (κ1) is 17.7. The third-order valence-electron chi connectivity index (χ3n) is 4.71. The molecule has 1 N–H and O–H groups in total. The Hall–Kier alpha value is -2.66. The van der Waals surface area contributed by atoms with Crippen molar-refractivity contribution in [3.63, 3.8) is 0 Å². The van der Waals surface area contributed by atoms with Crippen LogP contribution in [0, 0.1) is 0 Å². The minimum absolute atomic E-state index is 0.852. The van der Waals surface area contributed by atoms with Gasteiger partial charge in [-0.1, -0.05) is 11.8 Å². The van der Waals surface area contributed by atoms with E-state index in [1.807, 2.05) is 25.9 Å². The van der Waals surface area contributed by atoms with Gasteiger partial charge in [0.15, 0.2) is 0 Å². The minimum atomic E-state index is 0.852. The average Bonchev–Trinajstić information content (AvgIpc) is 2.66. The van der Waals surface area contributed by atoms with Crippen molar-refractivity contribution in [3.05, 3.63) is 65.2 Å². The second kappa shape index (κ2) is 7.16. The minimum Gasteiger partial charge on any atom is -0.378 e. The van der Waals surface area contributed by atoms with Crippen molar-refractivity contribution in [2.45, 2.75) is 11.3 Å². The van der Waals surface area contributed by atoms with Crippen molar-refractivity contribution in [1.82, 2.24) is 0 Å². The molecule has 0 spiro atoms. The predicted octanol–water partition coefficient (Wildman–Crippen LogP) is 5.28. The van der Waals surface area contributed by atoms with Crippen molar-refractivity contribution in [3.8, 4) is 0 Å². The lowest BCUT2D eigenvalue weighted by atomic mass is 10.1. The van der Waals surface area contributed by atoms with Crippen molar-refractivity contribution in [2.24, 2.45) is 4.99 Å². The molecule has 0 radical (unpaired) electrons. The van der Waals surface area contributed by atoms with Crippen LogP contribution in [0.25, 0.3) is 0 Å². The quantitative estimate of drug-likeness (QED) is 0.789.